The van der Waals surface area contributed by atoms with E-state index in [4.69, 9.17) is 0 Å². The topological polar surface area (TPSA) is 108 Å². The van der Waals surface area contributed by atoms with E-state index in [1.54, 1.807) is 12.4 Å². The molecule has 1 atom stereocenters. The molecule has 2 amide bonds. The van der Waals surface area contributed by atoms with Crippen molar-refractivity contribution >= 4 is 21.8 Å². The zero-order chi connectivity index (χ0) is 22.3. The van der Waals surface area contributed by atoms with Crippen LogP contribution in [0.3, 0.4) is 0 Å². The Labute approximate surface area is 183 Å². The first-order valence-corrected chi connectivity index (χ1v) is 11.9. The van der Waals surface area contributed by atoms with E-state index >= 15 is 0 Å². The molecule has 1 aliphatic rings. The summed E-state index contributed by atoms with van der Waals surface area (Å²) >= 11 is 0. The highest BCUT2D eigenvalue weighted by Crippen LogP contribution is 2.25. The van der Waals surface area contributed by atoms with E-state index in [-0.39, 0.29) is 35.7 Å². The number of carbonyl (C=O) groups excluding carboxylic acids is 2. The smallest absolute Gasteiger partial charge is 0.251 e. The van der Waals surface area contributed by atoms with Crippen LogP contribution in [-0.4, -0.2) is 48.7 Å². The second-order valence-corrected chi connectivity index (χ2v) is 9.51. The summed E-state index contributed by atoms with van der Waals surface area (Å²) in [6.45, 7) is 3.04. The molecule has 0 aliphatic carbocycles. The number of aromatic nitrogens is 1. The lowest BCUT2D eigenvalue weighted by Gasteiger charge is -2.32. The predicted molar refractivity (Wildman–Crippen MR) is 117 cm³/mol. The van der Waals surface area contributed by atoms with Gasteiger partial charge < -0.3 is 10.6 Å². The number of sulfonamides is 1. The Kier molecular flexibility index (Phi) is 7.75. The molecule has 0 bridgehead atoms. The first kappa shape index (κ1) is 22.9. The minimum absolute atomic E-state index is 0.0218. The first-order chi connectivity index (χ1) is 14.9. The molecule has 31 heavy (non-hydrogen) atoms. The third-order valence-corrected chi connectivity index (χ3v) is 7.37. The fraction of sp³-hybridized carbons (Fsp3) is 0.409. The Bertz CT molecular complexity index is 994. The maximum absolute atomic E-state index is 12.9. The summed E-state index contributed by atoms with van der Waals surface area (Å²) < 4.78 is 27.3. The third-order valence-electron chi connectivity index (χ3n) is 5.34. The number of hydrogen-bond donors (Lipinski definition) is 2. The van der Waals surface area contributed by atoms with Gasteiger partial charge in [-0.2, -0.15) is 4.31 Å². The van der Waals surface area contributed by atoms with Crippen LogP contribution in [0.15, 0.2) is 53.7 Å². The van der Waals surface area contributed by atoms with Gasteiger partial charge in [0.05, 0.1) is 4.90 Å². The van der Waals surface area contributed by atoms with Crippen molar-refractivity contribution < 1.29 is 18.0 Å². The fourth-order valence-corrected chi connectivity index (χ4v) is 5.22. The molecule has 1 aromatic heterocycles. The van der Waals surface area contributed by atoms with Gasteiger partial charge in [-0.1, -0.05) is 6.42 Å². The van der Waals surface area contributed by atoms with Crippen LogP contribution in [0.4, 0.5) is 0 Å². The Morgan fingerprint density at radius 3 is 2.45 bits per heavy atom. The van der Waals surface area contributed by atoms with Gasteiger partial charge in [-0.05, 0) is 61.7 Å². The summed E-state index contributed by atoms with van der Waals surface area (Å²) in [6, 6.07) is 9.54. The average Bonchev–Trinajstić information content (AvgIpc) is 2.78. The van der Waals surface area contributed by atoms with Crippen molar-refractivity contribution in [1.82, 2.24) is 19.9 Å². The summed E-state index contributed by atoms with van der Waals surface area (Å²) in [6.07, 6.45) is 6.22. The number of hydrogen-bond acceptors (Lipinski definition) is 5. The third kappa shape index (κ3) is 6.11. The number of nitrogens with zero attached hydrogens (tertiary/aromatic N) is 2. The molecule has 0 radical (unpaired) electrons. The van der Waals surface area contributed by atoms with Gasteiger partial charge in [0.25, 0.3) is 5.91 Å². The van der Waals surface area contributed by atoms with Crippen LogP contribution < -0.4 is 10.6 Å². The van der Waals surface area contributed by atoms with Crippen molar-refractivity contribution in [3.05, 3.63) is 59.9 Å². The van der Waals surface area contributed by atoms with Crippen LogP contribution >= 0.6 is 0 Å². The number of nitrogens with one attached hydrogen (secondary N) is 2. The average molecular weight is 445 g/mol. The molecule has 1 aromatic carbocycles. The number of benzene rings is 1. The highest BCUT2D eigenvalue weighted by Gasteiger charge is 2.30. The molecule has 1 unspecified atom stereocenters. The molecule has 2 N–H and O–H groups in total. The quantitative estimate of drug-likeness (QED) is 0.648. The van der Waals surface area contributed by atoms with Gasteiger partial charge in [-0.15, -0.1) is 0 Å². The number of carbonyl (C=O) groups is 2. The maximum Gasteiger partial charge on any atom is 0.251 e. The maximum atomic E-state index is 12.9. The molecule has 166 valence electrons. The predicted octanol–water partition coefficient (Wildman–Crippen LogP) is 2.08. The number of rotatable bonds is 8. The minimum Gasteiger partial charge on any atom is -0.352 e. The van der Waals surface area contributed by atoms with E-state index in [0.717, 1.165) is 24.8 Å². The summed E-state index contributed by atoms with van der Waals surface area (Å²) in [4.78, 5) is 28.3. The number of amides is 2. The molecule has 1 saturated heterocycles. The normalized spacial score (nSPS) is 17.1. The zero-order valence-corrected chi connectivity index (χ0v) is 18.4. The van der Waals surface area contributed by atoms with Crippen molar-refractivity contribution in [2.24, 2.45) is 0 Å². The molecule has 3 rings (SSSR count). The number of piperidine rings is 1. The standard InChI is InChI=1S/C22H28N4O4S/c1-17-4-2-3-15-26(17)31(29,30)20-7-5-19(6-8-20)22(28)24-14-11-21(27)25-16-18-9-12-23-13-10-18/h5-10,12-13,17H,2-4,11,14-16H2,1H3,(H,24,28)(H,25,27). The monoisotopic (exact) mass is 444 g/mol. The molecule has 2 heterocycles. The van der Waals surface area contributed by atoms with Crippen molar-refractivity contribution in [3.63, 3.8) is 0 Å². The van der Waals surface area contributed by atoms with Crippen molar-refractivity contribution in [3.8, 4) is 0 Å². The highest BCUT2D eigenvalue weighted by molar-refractivity contribution is 7.89. The van der Waals surface area contributed by atoms with Gasteiger partial charge in [0, 0.05) is 50.1 Å². The Morgan fingerprint density at radius 2 is 1.77 bits per heavy atom. The van der Waals surface area contributed by atoms with Crippen LogP contribution in [0.2, 0.25) is 0 Å². The van der Waals surface area contributed by atoms with E-state index in [2.05, 4.69) is 15.6 Å². The van der Waals surface area contributed by atoms with E-state index < -0.39 is 10.0 Å². The van der Waals surface area contributed by atoms with Gasteiger partial charge >= 0.3 is 0 Å². The Morgan fingerprint density at radius 1 is 1.06 bits per heavy atom. The molecule has 2 aromatic rings. The Balaban J connectivity index is 1.48. The molecule has 8 nitrogen and oxygen atoms in total. The lowest BCUT2D eigenvalue weighted by atomic mass is 10.1. The second-order valence-electron chi connectivity index (χ2n) is 7.62. The van der Waals surface area contributed by atoms with Crippen LogP contribution in [0.25, 0.3) is 0 Å². The van der Waals surface area contributed by atoms with Crippen molar-refractivity contribution in [2.45, 2.75) is 50.1 Å². The van der Waals surface area contributed by atoms with Gasteiger partial charge in [0.15, 0.2) is 0 Å². The van der Waals surface area contributed by atoms with E-state index in [0.29, 0.717) is 18.7 Å². The molecular weight excluding hydrogens is 416 g/mol. The Hall–Kier alpha value is -2.78. The molecule has 0 spiro atoms. The largest absolute Gasteiger partial charge is 0.352 e. The van der Waals surface area contributed by atoms with E-state index in [9.17, 15) is 18.0 Å². The van der Waals surface area contributed by atoms with Gasteiger partial charge in [0.1, 0.15) is 0 Å². The van der Waals surface area contributed by atoms with Crippen LogP contribution in [-0.2, 0) is 21.4 Å². The molecule has 1 fully saturated rings. The summed E-state index contributed by atoms with van der Waals surface area (Å²) in [7, 11) is -3.57. The van der Waals surface area contributed by atoms with Crippen LogP contribution in [0.5, 0.6) is 0 Å². The lowest BCUT2D eigenvalue weighted by Crippen LogP contribution is -2.41. The summed E-state index contributed by atoms with van der Waals surface area (Å²) in [5.41, 5.74) is 1.30. The van der Waals surface area contributed by atoms with Gasteiger partial charge in [-0.25, -0.2) is 8.42 Å². The van der Waals surface area contributed by atoms with E-state index in [1.807, 2.05) is 19.1 Å². The molecular formula is C22H28N4O4S. The first-order valence-electron chi connectivity index (χ1n) is 10.4. The lowest BCUT2D eigenvalue weighted by molar-refractivity contribution is -0.121. The molecule has 1 aliphatic heterocycles. The van der Waals surface area contributed by atoms with Gasteiger partial charge in [-0.3, -0.25) is 14.6 Å². The minimum atomic E-state index is -3.57. The van der Waals surface area contributed by atoms with Crippen LogP contribution in [0, 0.1) is 0 Å². The summed E-state index contributed by atoms with van der Waals surface area (Å²) in [5.74, 6) is -0.522. The fourth-order valence-electron chi connectivity index (χ4n) is 3.52. The van der Waals surface area contributed by atoms with Crippen molar-refractivity contribution in [1.29, 1.82) is 0 Å². The van der Waals surface area contributed by atoms with Crippen LogP contribution in [0.1, 0.15) is 48.5 Å². The highest BCUT2D eigenvalue weighted by atomic mass is 32.2. The zero-order valence-electron chi connectivity index (χ0n) is 17.6. The van der Waals surface area contributed by atoms with Crippen molar-refractivity contribution in [2.75, 3.05) is 13.1 Å². The SMILES string of the molecule is CC1CCCCN1S(=O)(=O)c1ccc(C(=O)NCCC(=O)NCc2ccncc2)cc1. The molecule has 0 saturated carbocycles. The summed E-state index contributed by atoms with van der Waals surface area (Å²) in [5, 5.41) is 5.47. The molecule has 9 heteroatoms. The van der Waals surface area contributed by atoms with E-state index in [1.165, 1.54) is 28.6 Å². The van der Waals surface area contributed by atoms with Gasteiger partial charge in [0.2, 0.25) is 15.9 Å². The number of pyridine rings is 1. The second kappa shape index (κ2) is 10.5.